The molecule has 0 aliphatic carbocycles. The molecule has 0 aromatic rings. The van der Waals surface area contributed by atoms with E-state index < -0.39 is 23.1 Å². The Balaban J connectivity index is 4.84. The van der Waals surface area contributed by atoms with Gasteiger partial charge in [0, 0.05) is 17.5 Å². The fraction of sp³-hybridized carbons (Fsp3) is 0.700. The summed E-state index contributed by atoms with van der Waals surface area (Å²) >= 11 is 0. The van der Waals surface area contributed by atoms with Crippen LogP contribution in [0.4, 0.5) is 9.59 Å². The zero-order chi connectivity index (χ0) is 15.1. The maximum absolute atomic E-state index is 11.3. The number of hydrogen-bond donors (Lipinski definition) is 7. The molecule has 0 aromatic heterocycles. The first kappa shape index (κ1) is 17.1. The molecule has 0 aromatic carbocycles. The van der Waals surface area contributed by atoms with Gasteiger partial charge < -0.3 is 16.0 Å². The smallest absolute Gasteiger partial charge is 0.329 e. The first-order valence-corrected chi connectivity index (χ1v) is 5.74. The first-order valence-electron chi connectivity index (χ1n) is 5.74. The number of hydrogen-bond acceptors (Lipinski definition) is 5. The average Bonchev–Trinajstić information content (AvgIpc) is 2.26. The van der Waals surface area contributed by atoms with Gasteiger partial charge in [-0.15, -0.1) is 0 Å². The van der Waals surface area contributed by atoms with Crippen molar-refractivity contribution in [2.75, 3.05) is 0 Å². The molecule has 0 saturated heterocycles. The first-order chi connectivity index (χ1) is 8.68. The Morgan fingerprint density at radius 3 is 2.00 bits per heavy atom. The molecule has 9 heteroatoms. The molecule has 0 heterocycles. The molecule has 19 heavy (non-hydrogen) atoms. The molecule has 0 fully saturated rings. The van der Waals surface area contributed by atoms with Crippen LogP contribution in [0.15, 0.2) is 0 Å². The maximum Gasteiger partial charge on any atom is 0.329 e. The van der Waals surface area contributed by atoms with Crippen molar-refractivity contribution in [3.63, 3.8) is 0 Å². The Hall–Kier alpha value is -1.87. The Morgan fingerprint density at radius 1 is 1.11 bits per heavy atom. The second kappa shape index (κ2) is 6.90. The maximum atomic E-state index is 11.3. The highest BCUT2D eigenvalue weighted by Crippen LogP contribution is 2.22. The van der Waals surface area contributed by atoms with Crippen LogP contribution in [0.3, 0.4) is 0 Å². The normalized spacial score (nSPS) is 13.9. The number of urea groups is 2. The quantitative estimate of drug-likeness (QED) is 0.148. The van der Waals surface area contributed by atoms with Crippen LogP contribution in [0.1, 0.15) is 33.6 Å². The van der Waals surface area contributed by atoms with Gasteiger partial charge in [-0.25, -0.2) is 21.3 Å². The summed E-state index contributed by atoms with van der Waals surface area (Å²) in [6, 6.07) is -1.08. The van der Waals surface area contributed by atoms with Crippen LogP contribution < -0.4 is 33.2 Å². The predicted molar refractivity (Wildman–Crippen MR) is 72.2 cm³/mol. The molecule has 9 nitrogen and oxygen atoms in total. The van der Waals surface area contributed by atoms with E-state index in [2.05, 4.69) is 10.6 Å². The molecular formula is C10H23N7O2. The standard InChI is InChI=1S/C10H23N7O2/c1-9(2,14-7(18)16-12)6-10(3,4-5-11)15-8(19)17-13/h5,11H,4,6,12-13H2,1-3H3,(H2,14,16,18)(H2,15,17,19). The second-order valence-electron chi connectivity index (χ2n) is 5.23. The highest BCUT2D eigenvalue weighted by atomic mass is 16.2. The number of nitrogens with two attached hydrogens (primary N) is 2. The fourth-order valence-electron chi connectivity index (χ4n) is 2.07. The fourth-order valence-corrected chi connectivity index (χ4v) is 2.07. The van der Waals surface area contributed by atoms with Crippen molar-refractivity contribution in [3.05, 3.63) is 0 Å². The summed E-state index contributed by atoms with van der Waals surface area (Å²) < 4.78 is 0. The summed E-state index contributed by atoms with van der Waals surface area (Å²) in [6.07, 6.45) is 1.88. The minimum absolute atomic E-state index is 0.301. The molecule has 0 aliphatic heterocycles. The van der Waals surface area contributed by atoms with E-state index in [9.17, 15) is 9.59 Å². The highest BCUT2D eigenvalue weighted by molar-refractivity contribution is 5.75. The predicted octanol–water partition coefficient (Wildman–Crippen LogP) is -0.701. The van der Waals surface area contributed by atoms with Gasteiger partial charge in [-0.1, -0.05) is 0 Å². The lowest BCUT2D eigenvalue weighted by molar-refractivity contribution is 0.203. The lowest BCUT2D eigenvalue weighted by Crippen LogP contribution is -2.59. The lowest BCUT2D eigenvalue weighted by atomic mass is 9.83. The Kier molecular flexibility index (Phi) is 6.22. The minimum Gasteiger partial charge on any atom is -0.332 e. The monoisotopic (exact) mass is 273 g/mol. The molecule has 0 spiro atoms. The van der Waals surface area contributed by atoms with Crippen molar-refractivity contribution in [1.29, 1.82) is 5.41 Å². The molecule has 0 rings (SSSR count). The van der Waals surface area contributed by atoms with Gasteiger partial charge in [-0.3, -0.25) is 10.9 Å². The second-order valence-corrected chi connectivity index (χ2v) is 5.23. The number of nitrogens with one attached hydrogen (secondary N) is 5. The summed E-state index contributed by atoms with van der Waals surface area (Å²) in [7, 11) is 0. The van der Waals surface area contributed by atoms with Crippen LogP contribution in [0.2, 0.25) is 0 Å². The summed E-state index contributed by atoms with van der Waals surface area (Å²) in [5.74, 6) is 10.0. The van der Waals surface area contributed by atoms with Crippen molar-refractivity contribution < 1.29 is 9.59 Å². The Bertz CT molecular complexity index is 345. The summed E-state index contributed by atoms with van der Waals surface area (Å²) in [6.45, 7) is 5.33. The van der Waals surface area contributed by atoms with Crippen LogP contribution >= 0.6 is 0 Å². The number of carbonyl (C=O) groups is 2. The molecule has 0 saturated carbocycles. The SMILES string of the molecule is CC(C)(CC(C)(CC=N)NC(=O)NN)NC(=O)NN. The minimum atomic E-state index is -0.726. The van der Waals surface area contributed by atoms with Gasteiger partial charge in [0.05, 0.1) is 0 Å². The van der Waals surface area contributed by atoms with E-state index in [4.69, 9.17) is 17.1 Å². The van der Waals surface area contributed by atoms with Gasteiger partial charge in [0.15, 0.2) is 0 Å². The van der Waals surface area contributed by atoms with Gasteiger partial charge >= 0.3 is 12.1 Å². The molecule has 0 bridgehead atoms. The van der Waals surface area contributed by atoms with Crippen LogP contribution in [0.5, 0.6) is 0 Å². The van der Waals surface area contributed by atoms with Gasteiger partial charge in [0.25, 0.3) is 0 Å². The number of amides is 4. The molecule has 110 valence electrons. The molecular weight excluding hydrogens is 250 g/mol. The number of carbonyl (C=O) groups excluding carboxylic acids is 2. The Morgan fingerprint density at radius 2 is 1.58 bits per heavy atom. The van der Waals surface area contributed by atoms with E-state index >= 15 is 0 Å². The molecule has 0 radical (unpaired) electrons. The lowest BCUT2D eigenvalue weighted by Gasteiger charge is -2.37. The zero-order valence-corrected chi connectivity index (χ0v) is 11.5. The average molecular weight is 273 g/mol. The molecule has 4 amide bonds. The summed E-state index contributed by atoms with van der Waals surface area (Å²) in [5.41, 5.74) is 2.59. The third kappa shape index (κ3) is 6.58. The van der Waals surface area contributed by atoms with Crippen molar-refractivity contribution >= 4 is 18.3 Å². The third-order valence-electron chi connectivity index (χ3n) is 2.51. The zero-order valence-electron chi connectivity index (χ0n) is 11.5. The van der Waals surface area contributed by atoms with E-state index in [0.717, 1.165) is 0 Å². The molecule has 1 atom stereocenters. The summed E-state index contributed by atoms with van der Waals surface area (Å²) in [5, 5.41) is 12.5. The van der Waals surface area contributed by atoms with Crippen molar-refractivity contribution in [2.45, 2.75) is 44.7 Å². The Labute approximate surface area is 112 Å². The molecule has 0 aliphatic rings. The van der Waals surface area contributed by atoms with Crippen LogP contribution in [-0.2, 0) is 0 Å². The van der Waals surface area contributed by atoms with Crippen molar-refractivity contribution in [3.8, 4) is 0 Å². The molecule has 1 unspecified atom stereocenters. The van der Waals surface area contributed by atoms with E-state index in [0.29, 0.717) is 12.8 Å². The largest absolute Gasteiger partial charge is 0.332 e. The van der Waals surface area contributed by atoms with Gasteiger partial charge in [0.1, 0.15) is 0 Å². The van der Waals surface area contributed by atoms with Crippen LogP contribution in [0, 0.1) is 5.41 Å². The highest BCUT2D eigenvalue weighted by Gasteiger charge is 2.34. The van der Waals surface area contributed by atoms with E-state index in [-0.39, 0.29) is 0 Å². The summed E-state index contributed by atoms with van der Waals surface area (Å²) in [4.78, 5) is 22.6. The topological polar surface area (TPSA) is 158 Å². The van der Waals surface area contributed by atoms with E-state index in [1.165, 1.54) is 6.21 Å². The third-order valence-corrected chi connectivity index (χ3v) is 2.51. The van der Waals surface area contributed by atoms with Gasteiger partial charge in [0.2, 0.25) is 0 Å². The van der Waals surface area contributed by atoms with Crippen LogP contribution in [-0.4, -0.2) is 29.4 Å². The van der Waals surface area contributed by atoms with Gasteiger partial charge in [-0.05, 0) is 33.4 Å². The van der Waals surface area contributed by atoms with Crippen molar-refractivity contribution in [1.82, 2.24) is 21.5 Å². The van der Waals surface area contributed by atoms with Gasteiger partial charge in [-0.2, -0.15) is 0 Å². The van der Waals surface area contributed by atoms with E-state index in [1.807, 2.05) is 10.9 Å². The number of hydrazine groups is 2. The van der Waals surface area contributed by atoms with Crippen LogP contribution in [0.25, 0.3) is 0 Å². The number of rotatable bonds is 6. The molecule has 9 N–H and O–H groups in total. The van der Waals surface area contributed by atoms with Crippen molar-refractivity contribution in [2.24, 2.45) is 11.7 Å². The van der Waals surface area contributed by atoms with E-state index in [1.54, 1.807) is 20.8 Å².